The van der Waals surface area contributed by atoms with Crippen LogP contribution in [-0.4, -0.2) is 56.3 Å². The van der Waals surface area contributed by atoms with Gasteiger partial charge in [-0.1, -0.05) is 12.0 Å². The van der Waals surface area contributed by atoms with E-state index in [0.717, 1.165) is 29.8 Å². The molecule has 0 bridgehead atoms. The molecule has 3 amide bonds. The number of unbranched alkanes of at least 4 members (excludes halogenated alkanes) is 1. The number of aliphatic hydroxyl groups excluding tert-OH is 1. The number of nitrogens with one attached hydrogen (secondary N) is 2. The smallest absolute Gasteiger partial charge is 0.264 e. The normalized spacial score (nSPS) is 20.4. The first-order chi connectivity index (χ1) is 15.0. The van der Waals surface area contributed by atoms with Gasteiger partial charge in [-0.25, -0.2) is 0 Å². The number of hydrogen-bond donors (Lipinski definition) is 3. The number of terminal acetylenes is 1. The van der Waals surface area contributed by atoms with Crippen molar-refractivity contribution in [3.63, 3.8) is 0 Å². The molecule has 2 aliphatic heterocycles. The molecule has 31 heavy (non-hydrogen) atoms. The Morgan fingerprint density at radius 1 is 1.23 bits per heavy atom. The molecule has 2 aliphatic rings. The minimum atomic E-state index is -0.948. The van der Waals surface area contributed by atoms with Gasteiger partial charge in [0, 0.05) is 25.0 Å². The monoisotopic (exact) mass is 421 g/mol. The summed E-state index contributed by atoms with van der Waals surface area (Å²) in [5.41, 5.74) is 1.89. The third-order valence-electron chi connectivity index (χ3n) is 5.51. The van der Waals surface area contributed by atoms with Crippen LogP contribution in [0.3, 0.4) is 0 Å². The summed E-state index contributed by atoms with van der Waals surface area (Å²) in [5, 5.41) is 19.4. The van der Waals surface area contributed by atoms with Gasteiger partial charge in [-0.05, 0) is 37.8 Å². The van der Waals surface area contributed by atoms with E-state index in [1.165, 1.54) is 0 Å². The standard InChI is InChI=1S/C22H23N5O4/c1-2-14-12-24-26(13-14)11-4-3-10-23-16-7-5-6-15-19(16)22(31)27(21(15)30)17-8-9-18(28)25-20(17)29/h1,5-7,12-13,17-18,23,28H,3-4,8-11H2,(H,25,29). The first-order valence-corrected chi connectivity index (χ1v) is 10.2. The van der Waals surface area contributed by atoms with Crippen LogP contribution in [0.15, 0.2) is 30.6 Å². The predicted molar refractivity (Wildman–Crippen MR) is 112 cm³/mol. The molecule has 2 atom stereocenters. The number of carbonyl (C=O) groups is 3. The van der Waals surface area contributed by atoms with Crippen molar-refractivity contribution in [2.45, 2.75) is 44.5 Å². The second kappa shape index (κ2) is 8.62. The van der Waals surface area contributed by atoms with Crippen LogP contribution in [-0.2, 0) is 11.3 Å². The lowest BCUT2D eigenvalue weighted by Crippen LogP contribution is -2.55. The molecule has 1 fully saturated rings. The van der Waals surface area contributed by atoms with Gasteiger partial charge >= 0.3 is 0 Å². The van der Waals surface area contributed by atoms with Crippen LogP contribution in [0.5, 0.6) is 0 Å². The molecule has 9 heteroatoms. The number of benzene rings is 1. The minimum Gasteiger partial charge on any atom is -0.384 e. The zero-order valence-corrected chi connectivity index (χ0v) is 16.9. The Balaban J connectivity index is 1.39. The molecular weight excluding hydrogens is 398 g/mol. The molecule has 0 aliphatic carbocycles. The first kappa shape index (κ1) is 20.6. The Kier molecular flexibility index (Phi) is 5.73. The van der Waals surface area contributed by atoms with Crippen LogP contribution in [0.2, 0.25) is 0 Å². The van der Waals surface area contributed by atoms with Gasteiger partial charge in [-0.3, -0.25) is 24.0 Å². The van der Waals surface area contributed by atoms with Crippen LogP contribution in [0.1, 0.15) is 52.0 Å². The van der Waals surface area contributed by atoms with E-state index in [4.69, 9.17) is 6.42 Å². The molecule has 3 N–H and O–H groups in total. The average molecular weight is 421 g/mol. The highest BCUT2D eigenvalue weighted by atomic mass is 16.3. The van der Waals surface area contributed by atoms with Crippen molar-refractivity contribution in [2.75, 3.05) is 11.9 Å². The van der Waals surface area contributed by atoms with Gasteiger partial charge in [0.05, 0.1) is 22.9 Å². The first-order valence-electron chi connectivity index (χ1n) is 10.2. The molecule has 2 aromatic rings. The largest absolute Gasteiger partial charge is 0.384 e. The number of piperidine rings is 1. The number of aliphatic hydroxyl groups is 1. The number of amides is 3. The number of imide groups is 1. The third kappa shape index (κ3) is 4.02. The Morgan fingerprint density at radius 3 is 2.81 bits per heavy atom. The highest BCUT2D eigenvalue weighted by Crippen LogP contribution is 2.32. The van der Waals surface area contributed by atoms with Gasteiger partial charge < -0.3 is 15.7 Å². The number of aryl methyl sites for hydroxylation is 1. The quantitative estimate of drug-likeness (QED) is 0.348. The molecule has 1 saturated heterocycles. The van der Waals surface area contributed by atoms with Gasteiger partial charge in [0.15, 0.2) is 0 Å². The molecule has 1 aromatic heterocycles. The van der Waals surface area contributed by atoms with E-state index < -0.39 is 30.0 Å². The van der Waals surface area contributed by atoms with E-state index in [1.54, 1.807) is 29.1 Å². The summed E-state index contributed by atoms with van der Waals surface area (Å²) < 4.78 is 1.79. The molecule has 160 valence electrons. The van der Waals surface area contributed by atoms with E-state index in [0.29, 0.717) is 12.2 Å². The second-order valence-electron chi connectivity index (χ2n) is 7.60. The highest BCUT2D eigenvalue weighted by molar-refractivity contribution is 6.25. The van der Waals surface area contributed by atoms with Gasteiger partial charge in [0.25, 0.3) is 11.8 Å². The molecule has 0 saturated carbocycles. The Bertz CT molecular complexity index is 1070. The molecular formula is C22H23N5O4. The Morgan fingerprint density at radius 2 is 2.06 bits per heavy atom. The van der Waals surface area contributed by atoms with Crippen molar-refractivity contribution in [1.82, 2.24) is 20.0 Å². The predicted octanol–water partition coefficient (Wildman–Crippen LogP) is 0.950. The maximum Gasteiger partial charge on any atom is 0.264 e. The summed E-state index contributed by atoms with van der Waals surface area (Å²) in [7, 11) is 0. The van der Waals surface area contributed by atoms with E-state index in [2.05, 4.69) is 21.7 Å². The molecule has 1 aromatic carbocycles. The van der Waals surface area contributed by atoms with E-state index in [9.17, 15) is 19.5 Å². The van der Waals surface area contributed by atoms with E-state index >= 15 is 0 Å². The number of aromatic nitrogens is 2. The molecule has 0 spiro atoms. The number of rotatable bonds is 7. The van der Waals surface area contributed by atoms with Crippen molar-refractivity contribution in [3.8, 4) is 12.3 Å². The van der Waals surface area contributed by atoms with Crippen LogP contribution in [0, 0.1) is 12.3 Å². The topological polar surface area (TPSA) is 117 Å². The van der Waals surface area contributed by atoms with Crippen LogP contribution >= 0.6 is 0 Å². The molecule has 3 heterocycles. The summed E-state index contributed by atoms with van der Waals surface area (Å²) in [6.07, 6.45) is 10.1. The summed E-state index contributed by atoms with van der Waals surface area (Å²) in [5.74, 6) is 1.05. The van der Waals surface area contributed by atoms with Gasteiger partial charge in [0.1, 0.15) is 12.3 Å². The molecule has 2 unspecified atom stereocenters. The van der Waals surface area contributed by atoms with Crippen molar-refractivity contribution in [3.05, 3.63) is 47.3 Å². The van der Waals surface area contributed by atoms with Gasteiger partial charge in [0.2, 0.25) is 5.91 Å². The minimum absolute atomic E-state index is 0.232. The zero-order chi connectivity index (χ0) is 22.0. The fraction of sp³-hybridized carbons (Fsp3) is 0.364. The summed E-state index contributed by atoms with van der Waals surface area (Å²) in [6.45, 7) is 1.33. The Labute approximate surface area is 179 Å². The van der Waals surface area contributed by atoms with E-state index in [-0.39, 0.29) is 24.0 Å². The highest BCUT2D eigenvalue weighted by Gasteiger charge is 2.45. The SMILES string of the molecule is C#Cc1cnn(CCCCNc2cccc3c2C(=O)N(C2CCC(O)NC2=O)C3=O)c1. The maximum absolute atomic E-state index is 13.1. The maximum atomic E-state index is 13.1. The lowest BCUT2D eigenvalue weighted by atomic mass is 10.0. The lowest BCUT2D eigenvalue weighted by Gasteiger charge is -2.31. The molecule has 0 radical (unpaired) electrons. The summed E-state index contributed by atoms with van der Waals surface area (Å²) in [4.78, 5) is 39.2. The van der Waals surface area contributed by atoms with Crippen molar-refractivity contribution < 1.29 is 19.5 Å². The summed E-state index contributed by atoms with van der Waals surface area (Å²) in [6, 6.07) is 4.15. The van der Waals surface area contributed by atoms with Crippen molar-refractivity contribution >= 4 is 23.4 Å². The summed E-state index contributed by atoms with van der Waals surface area (Å²) >= 11 is 0. The fourth-order valence-electron chi connectivity index (χ4n) is 3.94. The number of nitrogens with zero attached hydrogens (tertiary/aromatic N) is 3. The van der Waals surface area contributed by atoms with Crippen molar-refractivity contribution in [1.29, 1.82) is 0 Å². The van der Waals surface area contributed by atoms with Crippen LogP contribution in [0.25, 0.3) is 0 Å². The number of carbonyl (C=O) groups excluding carboxylic acids is 3. The fourth-order valence-corrected chi connectivity index (χ4v) is 3.94. The van der Waals surface area contributed by atoms with Gasteiger partial charge in [-0.15, -0.1) is 6.42 Å². The third-order valence-corrected chi connectivity index (χ3v) is 5.51. The number of anilines is 1. The van der Waals surface area contributed by atoms with Crippen LogP contribution in [0.4, 0.5) is 5.69 Å². The zero-order valence-electron chi connectivity index (χ0n) is 16.9. The van der Waals surface area contributed by atoms with E-state index in [1.807, 2.05) is 6.20 Å². The number of fused-ring (bicyclic) bond motifs is 1. The number of hydrogen-bond acceptors (Lipinski definition) is 6. The van der Waals surface area contributed by atoms with Crippen molar-refractivity contribution in [2.24, 2.45) is 0 Å². The second-order valence-corrected chi connectivity index (χ2v) is 7.60. The molecule has 4 rings (SSSR count). The lowest BCUT2D eigenvalue weighted by molar-refractivity contribution is -0.131. The molecule has 9 nitrogen and oxygen atoms in total. The average Bonchev–Trinajstić information content (AvgIpc) is 3.32. The van der Waals surface area contributed by atoms with Crippen LogP contribution < -0.4 is 10.6 Å². The Hall–Kier alpha value is -3.64. The van der Waals surface area contributed by atoms with Gasteiger partial charge in [-0.2, -0.15) is 5.10 Å².